The molecular formula is C9H11O2. The first-order chi connectivity index (χ1) is 5.31. The number of ether oxygens (including phenoxy) is 1. The van der Waals surface area contributed by atoms with Gasteiger partial charge in [-0.05, 0) is 18.8 Å². The molecule has 1 radical (unpaired) electrons. The third kappa shape index (κ3) is 0.971. The van der Waals surface area contributed by atoms with E-state index in [-0.39, 0.29) is 11.9 Å². The summed E-state index contributed by atoms with van der Waals surface area (Å²) in [6.45, 7) is 0. The molecule has 0 amide bonds. The molecule has 0 spiro atoms. The normalized spacial score (nSPS) is 34.6. The molecule has 1 saturated carbocycles. The van der Waals surface area contributed by atoms with Gasteiger partial charge in [0.05, 0.1) is 13.0 Å². The highest BCUT2D eigenvalue weighted by molar-refractivity contribution is 5.77. The van der Waals surface area contributed by atoms with E-state index in [1.165, 1.54) is 13.0 Å². The highest BCUT2D eigenvalue weighted by Crippen LogP contribution is 2.45. The summed E-state index contributed by atoms with van der Waals surface area (Å²) in [7, 11) is 1.46. The molecule has 2 bridgehead atoms. The number of hydrogen-bond donors (Lipinski definition) is 0. The molecule has 2 aliphatic rings. The van der Waals surface area contributed by atoms with Crippen LogP contribution in [0, 0.1) is 17.8 Å². The van der Waals surface area contributed by atoms with Gasteiger partial charge in [0.1, 0.15) is 0 Å². The molecule has 2 rings (SSSR count). The van der Waals surface area contributed by atoms with Crippen LogP contribution in [0.25, 0.3) is 0 Å². The van der Waals surface area contributed by atoms with Crippen molar-refractivity contribution >= 4 is 5.97 Å². The Morgan fingerprint density at radius 3 is 3.00 bits per heavy atom. The summed E-state index contributed by atoms with van der Waals surface area (Å²) in [5.41, 5.74) is 0. The van der Waals surface area contributed by atoms with Crippen molar-refractivity contribution in [2.45, 2.75) is 12.8 Å². The van der Waals surface area contributed by atoms with Gasteiger partial charge in [0, 0.05) is 5.92 Å². The molecule has 2 heteroatoms. The van der Waals surface area contributed by atoms with Gasteiger partial charge in [0.25, 0.3) is 0 Å². The second kappa shape index (κ2) is 2.36. The standard InChI is InChI=1S/C9H11O2/c1-11-9(10)8-5-6-2-3-7(8)4-6/h2-3,6,8H,4-5H2,1H3. The second-order valence-corrected chi connectivity index (χ2v) is 3.21. The topological polar surface area (TPSA) is 26.3 Å². The first-order valence-corrected chi connectivity index (χ1v) is 3.93. The van der Waals surface area contributed by atoms with Gasteiger partial charge >= 0.3 is 5.97 Å². The lowest BCUT2D eigenvalue weighted by atomic mass is 9.94. The minimum absolute atomic E-state index is 0.0631. The van der Waals surface area contributed by atoms with Crippen LogP contribution in [0.5, 0.6) is 0 Å². The average molecular weight is 151 g/mol. The Labute approximate surface area is 66.2 Å². The van der Waals surface area contributed by atoms with E-state index in [9.17, 15) is 4.79 Å². The number of esters is 1. The van der Waals surface area contributed by atoms with E-state index in [1.54, 1.807) is 0 Å². The minimum atomic E-state index is -0.0631. The van der Waals surface area contributed by atoms with Gasteiger partial charge in [-0.2, -0.15) is 0 Å². The van der Waals surface area contributed by atoms with Crippen molar-refractivity contribution in [1.29, 1.82) is 0 Å². The van der Waals surface area contributed by atoms with Crippen LogP contribution in [0.4, 0.5) is 0 Å². The molecule has 2 nitrogen and oxygen atoms in total. The van der Waals surface area contributed by atoms with Crippen LogP contribution in [0.15, 0.2) is 12.2 Å². The number of fused-ring (bicyclic) bond motifs is 2. The number of allylic oxidation sites excluding steroid dienone is 2. The summed E-state index contributed by atoms with van der Waals surface area (Å²) in [5, 5.41) is 0. The van der Waals surface area contributed by atoms with Crippen LogP contribution in [0.1, 0.15) is 12.8 Å². The molecule has 0 N–H and O–H groups in total. The molecule has 2 aliphatic carbocycles. The van der Waals surface area contributed by atoms with Crippen molar-refractivity contribution in [2.24, 2.45) is 11.8 Å². The molecule has 0 heterocycles. The van der Waals surface area contributed by atoms with Crippen LogP contribution < -0.4 is 0 Å². The summed E-state index contributed by atoms with van der Waals surface area (Å²) in [4.78, 5) is 11.1. The third-order valence-electron chi connectivity index (χ3n) is 2.55. The quantitative estimate of drug-likeness (QED) is 0.528. The van der Waals surface area contributed by atoms with Crippen LogP contribution in [-0.4, -0.2) is 13.1 Å². The summed E-state index contributed by atoms with van der Waals surface area (Å²) in [5.74, 6) is 1.90. The Morgan fingerprint density at radius 1 is 1.73 bits per heavy atom. The van der Waals surface area contributed by atoms with E-state index in [4.69, 9.17) is 4.74 Å². The fraction of sp³-hybridized carbons (Fsp3) is 0.556. The number of methoxy groups -OCH3 is 1. The maximum absolute atomic E-state index is 11.1. The Balaban J connectivity index is 2.08. The monoisotopic (exact) mass is 151 g/mol. The van der Waals surface area contributed by atoms with Crippen molar-refractivity contribution in [2.75, 3.05) is 7.11 Å². The van der Waals surface area contributed by atoms with Crippen molar-refractivity contribution in [3.05, 3.63) is 18.1 Å². The van der Waals surface area contributed by atoms with Crippen LogP contribution >= 0.6 is 0 Å². The van der Waals surface area contributed by atoms with Gasteiger partial charge in [-0.1, -0.05) is 12.2 Å². The Bertz CT molecular complexity index is 208. The van der Waals surface area contributed by atoms with Gasteiger partial charge in [-0.15, -0.1) is 0 Å². The molecule has 11 heavy (non-hydrogen) atoms. The number of carbonyl (C=O) groups excluding carboxylic acids is 1. The summed E-state index contributed by atoms with van der Waals surface area (Å²) < 4.78 is 4.69. The second-order valence-electron chi connectivity index (χ2n) is 3.21. The average Bonchev–Trinajstić information content (AvgIpc) is 2.62. The van der Waals surface area contributed by atoms with Crippen LogP contribution in [0.2, 0.25) is 0 Å². The largest absolute Gasteiger partial charge is 0.469 e. The molecule has 59 valence electrons. The molecule has 0 aromatic heterocycles. The third-order valence-corrected chi connectivity index (χ3v) is 2.55. The first-order valence-electron chi connectivity index (χ1n) is 3.93. The van der Waals surface area contributed by atoms with Crippen molar-refractivity contribution in [3.8, 4) is 0 Å². The SMILES string of the molecule is COC(=O)C1CC2C=C[C]1C2. The van der Waals surface area contributed by atoms with Gasteiger partial charge in [-0.3, -0.25) is 4.79 Å². The highest BCUT2D eigenvalue weighted by atomic mass is 16.5. The Hall–Kier alpha value is -0.790. The fourth-order valence-corrected chi connectivity index (χ4v) is 1.96. The van der Waals surface area contributed by atoms with E-state index in [0.717, 1.165) is 12.8 Å². The summed E-state index contributed by atoms with van der Waals surface area (Å²) in [6, 6.07) is 0. The Kier molecular flexibility index (Phi) is 1.48. The van der Waals surface area contributed by atoms with E-state index < -0.39 is 0 Å². The van der Waals surface area contributed by atoms with E-state index in [2.05, 4.69) is 12.2 Å². The lowest BCUT2D eigenvalue weighted by molar-refractivity contribution is -0.144. The molecular weight excluding hydrogens is 140 g/mol. The molecule has 2 unspecified atom stereocenters. The van der Waals surface area contributed by atoms with Gasteiger partial charge < -0.3 is 4.74 Å². The Morgan fingerprint density at radius 2 is 2.55 bits per heavy atom. The lowest BCUT2D eigenvalue weighted by Gasteiger charge is -2.13. The summed E-state index contributed by atoms with van der Waals surface area (Å²) in [6.07, 6.45) is 6.32. The van der Waals surface area contributed by atoms with Crippen molar-refractivity contribution in [3.63, 3.8) is 0 Å². The summed E-state index contributed by atoms with van der Waals surface area (Å²) >= 11 is 0. The van der Waals surface area contributed by atoms with E-state index in [1.807, 2.05) is 0 Å². The number of rotatable bonds is 1. The van der Waals surface area contributed by atoms with Crippen molar-refractivity contribution in [1.82, 2.24) is 0 Å². The van der Waals surface area contributed by atoms with Crippen LogP contribution in [0.3, 0.4) is 0 Å². The zero-order chi connectivity index (χ0) is 7.84. The van der Waals surface area contributed by atoms with E-state index >= 15 is 0 Å². The smallest absolute Gasteiger partial charge is 0.309 e. The maximum atomic E-state index is 11.1. The minimum Gasteiger partial charge on any atom is -0.469 e. The first kappa shape index (κ1) is 6.89. The lowest BCUT2D eigenvalue weighted by Crippen LogP contribution is -2.18. The van der Waals surface area contributed by atoms with Crippen LogP contribution in [-0.2, 0) is 9.53 Å². The highest BCUT2D eigenvalue weighted by Gasteiger charge is 2.40. The molecule has 0 saturated heterocycles. The van der Waals surface area contributed by atoms with E-state index in [0.29, 0.717) is 5.92 Å². The molecule has 1 fully saturated rings. The van der Waals surface area contributed by atoms with Crippen molar-refractivity contribution < 1.29 is 9.53 Å². The maximum Gasteiger partial charge on any atom is 0.309 e. The number of hydrogen-bond acceptors (Lipinski definition) is 2. The zero-order valence-electron chi connectivity index (χ0n) is 6.54. The molecule has 2 atom stereocenters. The fourth-order valence-electron chi connectivity index (χ4n) is 1.96. The molecule has 0 aromatic carbocycles. The van der Waals surface area contributed by atoms with Gasteiger partial charge in [0.15, 0.2) is 0 Å². The van der Waals surface area contributed by atoms with Gasteiger partial charge in [0.2, 0.25) is 0 Å². The molecule has 0 aromatic rings. The number of carbonyl (C=O) groups is 1. The molecule has 0 aliphatic heterocycles. The van der Waals surface area contributed by atoms with Gasteiger partial charge in [-0.25, -0.2) is 0 Å². The predicted molar refractivity (Wildman–Crippen MR) is 40.6 cm³/mol. The predicted octanol–water partition coefficient (Wildman–Crippen LogP) is 1.33. The zero-order valence-corrected chi connectivity index (χ0v) is 6.54.